The Morgan fingerprint density at radius 3 is 2.00 bits per heavy atom. The van der Waals surface area contributed by atoms with E-state index in [0.29, 0.717) is 13.0 Å². The molecule has 2 saturated heterocycles. The van der Waals surface area contributed by atoms with Gasteiger partial charge in [-0.3, -0.25) is 0 Å². The van der Waals surface area contributed by atoms with Gasteiger partial charge in [0.05, 0.1) is 24.9 Å². The molecule has 5 nitrogen and oxygen atoms in total. The molecule has 0 amide bonds. The zero-order chi connectivity index (χ0) is 24.4. The minimum absolute atomic E-state index is 0.00563. The van der Waals surface area contributed by atoms with E-state index in [9.17, 15) is 5.11 Å². The van der Waals surface area contributed by atoms with Gasteiger partial charge in [0.2, 0.25) is 0 Å². The summed E-state index contributed by atoms with van der Waals surface area (Å²) in [5.74, 6) is -0.605. The molecule has 34 heavy (non-hydrogen) atoms. The summed E-state index contributed by atoms with van der Waals surface area (Å²) >= 11 is 0. The zero-order valence-electron chi connectivity index (χ0n) is 21.2. The van der Waals surface area contributed by atoms with E-state index in [1.165, 1.54) is 10.4 Å². The lowest BCUT2D eigenvalue weighted by Gasteiger charge is -2.47. The molecule has 0 spiro atoms. The average Bonchev–Trinajstić information content (AvgIpc) is 3.17. The first kappa shape index (κ1) is 25.5. The smallest absolute Gasteiger partial charge is 0.261 e. The Bertz CT molecular complexity index is 872. The standard InChI is InChI=1S/C28H40O5Si/c1-27(2,3)34(23-12-8-6-9-13-23,24-14-10-7-11-15-24)33-22-18-21(16-17-29)31-25(19-22)26-20-30-28(4,5)32-26/h6-15,21-22,25-26,29H,16-20H2,1-5H3/t21-,22-,25-,26+/m1/s1. The van der Waals surface area contributed by atoms with Gasteiger partial charge in [0.15, 0.2) is 5.79 Å². The van der Waals surface area contributed by atoms with Crippen LogP contribution in [0.1, 0.15) is 53.9 Å². The Kier molecular flexibility index (Phi) is 7.67. The monoisotopic (exact) mass is 484 g/mol. The molecule has 2 aromatic rings. The van der Waals surface area contributed by atoms with Gasteiger partial charge in [-0.05, 0) is 42.1 Å². The Labute approximate surface area is 205 Å². The SMILES string of the molecule is CC1(C)OC[C@@H]([C@H]2C[C@H](O[Si](c3ccccc3)(c3ccccc3)C(C)(C)C)C[C@@H](CCO)O2)O1. The molecule has 4 atom stereocenters. The van der Waals surface area contributed by atoms with Crippen LogP contribution in [-0.4, -0.2) is 56.8 Å². The van der Waals surface area contributed by atoms with Crippen LogP contribution in [0.2, 0.25) is 5.04 Å². The van der Waals surface area contributed by atoms with Crippen molar-refractivity contribution in [1.82, 2.24) is 0 Å². The maximum Gasteiger partial charge on any atom is 0.261 e. The number of hydrogen-bond donors (Lipinski definition) is 1. The minimum atomic E-state index is -2.68. The molecule has 0 aliphatic carbocycles. The molecule has 0 saturated carbocycles. The van der Waals surface area contributed by atoms with Gasteiger partial charge in [-0.1, -0.05) is 81.4 Å². The van der Waals surface area contributed by atoms with Gasteiger partial charge in [0, 0.05) is 13.0 Å². The lowest BCUT2D eigenvalue weighted by atomic mass is 9.96. The second-order valence-corrected chi connectivity index (χ2v) is 15.3. The second kappa shape index (κ2) is 10.2. The summed E-state index contributed by atoms with van der Waals surface area (Å²) < 4.78 is 25.9. The fraction of sp³-hybridized carbons (Fsp3) is 0.571. The highest BCUT2D eigenvalue weighted by molar-refractivity contribution is 6.99. The van der Waals surface area contributed by atoms with Crippen molar-refractivity contribution in [1.29, 1.82) is 0 Å². The molecule has 2 aliphatic rings. The first-order valence-electron chi connectivity index (χ1n) is 12.5. The topological polar surface area (TPSA) is 57.2 Å². The molecule has 4 rings (SSSR count). The largest absolute Gasteiger partial charge is 0.404 e. The maximum absolute atomic E-state index is 9.69. The van der Waals surface area contributed by atoms with E-state index in [1.54, 1.807) is 0 Å². The molecule has 186 valence electrons. The highest BCUT2D eigenvalue weighted by atomic mass is 28.4. The predicted octanol–water partition coefficient (Wildman–Crippen LogP) is 4.01. The van der Waals surface area contributed by atoms with Crippen molar-refractivity contribution in [3.05, 3.63) is 60.7 Å². The third-order valence-electron chi connectivity index (χ3n) is 7.04. The number of ether oxygens (including phenoxy) is 3. The summed E-state index contributed by atoms with van der Waals surface area (Å²) in [6, 6.07) is 21.5. The molecular weight excluding hydrogens is 444 g/mol. The van der Waals surface area contributed by atoms with Crippen molar-refractivity contribution in [3.8, 4) is 0 Å². The van der Waals surface area contributed by atoms with E-state index in [1.807, 2.05) is 13.8 Å². The molecule has 0 aromatic heterocycles. The van der Waals surface area contributed by atoms with Crippen LogP contribution in [0.3, 0.4) is 0 Å². The zero-order valence-corrected chi connectivity index (χ0v) is 22.2. The van der Waals surface area contributed by atoms with Crippen molar-refractivity contribution in [2.24, 2.45) is 0 Å². The van der Waals surface area contributed by atoms with Gasteiger partial charge in [0.1, 0.15) is 6.10 Å². The van der Waals surface area contributed by atoms with Gasteiger partial charge in [0.25, 0.3) is 8.32 Å². The minimum Gasteiger partial charge on any atom is -0.404 e. The number of aliphatic hydroxyl groups is 1. The maximum atomic E-state index is 9.69. The summed E-state index contributed by atoms with van der Waals surface area (Å²) in [5, 5.41) is 12.1. The highest BCUT2D eigenvalue weighted by Crippen LogP contribution is 2.40. The first-order valence-corrected chi connectivity index (χ1v) is 14.4. The van der Waals surface area contributed by atoms with Crippen molar-refractivity contribution >= 4 is 18.7 Å². The van der Waals surface area contributed by atoms with Crippen LogP contribution in [0.5, 0.6) is 0 Å². The van der Waals surface area contributed by atoms with Crippen LogP contribution in [0.25, 0.3) is 0 Å². The third-order valence-corrected chi connectivity index (χ3v) is 12.1. The Morgan fingerprint density at radius 1 is 0.941 bits per heavy atom. The first-order chi connectivity index (χ1) is 16.1. The molecule has 2 aliphatic heterocycles. The van der Waals surface area contributed by atoms with E-state index in [-0.39, 0.29) is 36.1 Å². The summed E-state index contributed by atoms with van der Waals surface area (Å²) in [5.41, 5.74) is 0. The Morgan fingerprint density at radius 2 is 1.53 bits per heavy atom. The van der Waals surface area contributed by atoms with Crippen LogP contribution < -0.4 is 10.4 Å². The van der Waals surface area contributed by atoms with Crippen LogP contribution in [0.15, 0.2) is 60.7 Å². The highest BCUT2D eigenvalue weighted by Gasteiger charge is 2.53. The molecule has 0 radical (unpaired) electrons. The fourth-order valence-corrected chi connectivity index (χ4v) is 10.2. The van der Waals surface area contributed by atoms with E-state index >= 15 is 0 Å². The number of hydrogen-bond acceptors (Lipinski definition) is 5. The molecule has 1 N–H and O–H groups in total. The molecule has 0 unspecified atom stereocenters. The normalized spacial score (nSPS) is 27.6. The lowest BCUT2D eigenvalue weighted by Crippen LogP contribution is -2.68. The van der Waals surface area contributed by atoms with Gasteiger partial charge >= 0.3 is 0 Å². The van der Waals surface area contributed by atoms with Crippen molar-refractivity contribution in [3.63, 3.8) is 0 Å². The van der Waals surface area contributed by atoms with Crippen LogP contribution in [-0.2, 0) is 18.6 Å². The van der Waals surface area contributed by atoms with Crippen LogP contribution >= 0.6 is 0 Å². The van der Waals surface area contributed by atoms with Gasteiger partial charge in [-0.25, -0.2) is 0 Å². The van der Waals surface area contributed by atoms with Crippen molar-refractivity contribution in [2.75, 3.05) is 13.2 Å². The fourth-order valence-electron chi connectivity index (χ4n) is 5.51. The Hall–Kier alpha value is -1.54. The molecule has 6 heteroatoms. The van der Waals surface area contributed by atoms with Crippen molar-refractivity contribution in [2.45, 2.75) is 89.1 Å². The van der Waals surface area contributed by atoms with E-state index in [4.69, 9.17) is 18.6 Å². The Balaban J connectivity index is 1.71. The predicted molar refractivity (Wildman–Crippen MR) is 137 cm³/mol. The number of benzene rings is 2. The molecule has 2 aromatic carbocycles. The van der Waals surface area contributed by atoms with E-state index < -0.39 is 14.1 Å². The van der Waals surface area contributed by atoms with Gasteiger partial charge < -0.3 is 23.7 Å². The number of rotatable bonds is 7. The molecular formula is C28H40O5Si. The number of aliphatic hydroxyl groups excluding tert-OH is 1. The van der Waals surface area contributed by atoms with Gasteiger partial charge in [-0.2, -0.15) is 0 Å². The van der Waals surface area contributed by atoms with Crippen LogP contribution in [0.4, 0.5) is 0 Å². The third kappa shape index (κ3) is 5.32. The van der Waals surface area contributed by atoms with E-state index in [2.05, 4.69) is 81.4 Å². The molecule has 2 fully saturated rings. The molecule has 2 heterocycles. The van der Waals surface area contributed by atoms with Crippen molar-refractivity contribution < 1.29 is 23.7 Å². The van der Waals surface area contributed by atoms with Crippen LogP contribution in [0, 0.1) is 0 Å². The van der Waals surface area contributed by atoms with E-state index in [0.717, 1.165) is 12.8 Å². The van der Waals surface area contributed by atoms with Gasteiger partial charge in [-0.15, -0.1) is 0 Å². The summed E-state index contributed by atoms with van der Waals surface area (Å²) in [6.45, 7) is 11.4. The summed E-state index contributed by atoms with van der Waals surface area (Å²) in [4.78, 5) is 0. The average molecular weight is 485 g/mol. The lowest BCUT2D eigenvalue weighted by molar-refractivity contribution is -0.180. The quantitative estimate of drug-likeness (QED) is 0.602. The summed E-state index contributed by atoms with van der Waals surface area (Å²) in [7, 11) is -2.68. The molecule has 0 bridgehead atoms. The second-order valence-electron chi connectivity index (χ2n) is 11.1. The summed E-state index contributed by atoms with van der Waals surface area (Å²) in [6.07, 6.45) is 1.76.